The zero-order valence-corrected chi connectivity index (χ0v) is 6.66. The zero-order chi connectivity index (χ0) is 7.98. The monoisotopic (exact) mass is 146 g/mol. The lowest BCUT2D eigenvalue weighted by atomic mass is 10.5. The third kappa shape index (κ3) is 2.80. The summed E-state index contributed by atoms with van der Waals surface area (Å²) in [5, 5.41) is 8.65. The lowest BCUT2D eigenvalue weighted by Crippen LogP contribution is -2.30. The van der Waals surface area contributed by atoms with E-state index in [4.69, 9.17) is 9.84 Å². The fourth-order valence-electron chi connectivity index (χ4n) is 0.556. The molecule has 0 bridgehead atoms. The lowest BCUT2D eigenvalue weighted by molar-refractivity contribution is 0.173. The van der Waals surface area contributed by atoms with Crippen molar-refractivity contribution in [3.8, 4) is 0 Å². The summed E-state index contributed by atoms with van der Waals surface area (Å²) >= 11 is 0. The maximum atomic E-state index is 8.65. The molecule has 0 radical (unpaired) electrons. The Labute approximate surface area is 61.1 Å². The molecule has 60 valence electrons. The highest BCUT2D eigenvalue weighted by Crippen LogP contribution is 1.85. The topological polar surface area (TPSA) is 45.1 Å². The highest BCUT2D eigenvalue weighted by atomic mass is 16.5. The van der Waals surface area contributed by atoms with Crippen LogP contribution < -0.4 is 0 Å². The molecule has 4 nitrogen and oxygen atoms in total. The number of ether oxygens (including phenoxy) is 1. The average molecular weight is 146 g/mol. The Balaban J connectivity index is 3.82. The molecule has 1 N–H and O–H groups in total. The maximum absolute atomic E-state index is 8.65. The van der Waals surface area contributed by atoms with E-state index in [2.05, 4.69) is 4.99 Å². The summed E-state index contributed by atoms with van der Waals surface area (Å²) in [6, 6.07) is 0. The van der Waals surface area contributed by atoms with Gasteiger partial charge in [0.1, 0.15) is 19.2 Å². The predicted octanol–water partition coefficient (Wildman–Crippen LogP) is -0.457. The largest absolute Gasteiger partial charge is 0.377 e. The van der Waals surface area contributed by atoms with Crippen molar-refractivity contribution in [1.29, 1.82) is 0 Å². The van der Waals surface area contributed by atoms with Crippen LogP contribution in [0.4, 0.5) is 0 Å². The third-order valence-corrected chi connectivity index (χ3v) is 1.18. The second-order valence-corrected chi connectivity index (χ2v) is 1.91. The van der Waals surface area contributed by atoms with Crippen LogP contribution in [0.15, 0.2) is 4.99 Å². The first-order valence-corrected chi connectivity index (χ1v) is 3.02. The molecule has 0 unspecified atom stereocenters. The smallest absolute Gasteiger partial charge is 0.126 e. The maximum Gasteiger partial charge on any atom is 0.126 e. The Bertz CT molecular complexity index is 114. The SMILES string of the molecule is C/N=C(/COC)N(C)CO. The summed E-state index contributed by atoms with van der Waals surface area (Å²) in [7, 11) is 5.01. The molecule has 0 heterocycles. The number of hydrogen-bond donors (Lipinski definition) is 1. The molecule has 0 aromatic heterocycles. The number of aliphatic hydroxyl groups is 1. The van der Waals surface area contributed by atoms with E-state index in [1.165, 1.54) is 0 Å². The number of amidine groups is 1. The number of hydrogen-bond acceptors (Lipinski definition) is 3. The van der Waals surface area contributed by atoms with Crippen LogP contribution in [0.5, 0.6) is 0 Å². The Morgan fingerprint density at radius 2 is 2.30 bits per heavy atom. The first kappa shape index (κ1) is 9.39. The third-order valence-electron chi connectivity index (χ3n) is 1.18. The molecule has 0 aliphatic carbocycles. The van der Waals surface area contributed by atoms with Crippen LogP contribution >= 0.6 is 0 Å². The van der Waals surface area contributed by atoms with Crippen molar-refractivity contribution in [2.45, 2.75) is 0 Å². The van der Waals surface area contributed by atoms with Gasteiger partial charge in [-0.15, -0.1) is 0 Å². The number of methoxy groups -OCH3 is 1. The van der Waals surface area contributed by atoms with Crippen LogP contribution in [0, 0.1) is 0 Å². The second-order valence-electron chi connectivity index (χ2n) is 1.91. The van der Waals surface area contributed by atoms with Gasteiger partial charge in [0.05, 0.1) is 0 Å². The van der Waals surface area contributed by atoms with E-state index >= 15 is 0 Å². The molecular weight excluding hydrogens is 132 g/mol. The van der Waals surface area contributed by atoms with Crippen LogP contribution in [-0.2, 0) is 4.74 Å². The Morgan fingerprint density at radius 1 is 1.70 bits per heavy atom. The Kier molecular flexibility index (Phi) is 4.88. The minimum atomic E-state index is -0.0317. The van der Waals surface area contributed by atoms with Crippen molar-refractivity contribution in [3.05, 3.63) is 0 Å². The van der Waals surface area contributed by atoms with Gasteiger partial charge in [-0.05, 0) is 0 Å². The van der Waals surface area contributed by atoms with Gasteiger partial charge in [-0.3, -0.25) is 4.99 Å². The van der Waals surface area contributed by atoms with Crippen LogP contribution in [0.3, 0.4) is 0 Å². The van der Waals surface area contributed by atoms with E-state index in [1.54, 1.807) is 26.1 Å². The summed E-state index contributed by atoms with van der Waals surface area (Å²) in [5.41, 5.74) is 0. The van der Waals surface area contributed by atoms with Gasteiger partial charge in [-0.2, -0.15) is 0 Å². The van der Waals surface area contributed by atoms with E-state index in [0.717, 1.165) is 5.84 Å². The van der Waals surface area contributed by atoms with Gasteiger partial charge < -0.3 is 14.7 Å². The number of rotatable bonds is 3. The molecular formula is C6H14N2O2. The summed E-state index contributed by atoms with van der Waals surface area (Å²) in [6.07, 6.45) is 0. The molecule has 10 heavy (non-hydrogen) atoms. The van der Waals surface area contributed by atoms with Crippen molar-refractivity contribution < 1.29 is 9.84 Å². The average Bonchev–Trinajstić information content (AvgIpc) is 1.99. The molecule has 0 spiro atoms. The number of aliphatic imine (C=N–C) groups is 1. The molecule has 0 aromatic rings. The van der Waals surface area contributed by atoms with Crippen LogP contribution in [-0.4, -0.2) is 50.4 Å². The van der Waals surface area contributed by atoms with Crippen molar-refractivity contribution in [2.75, 3.05) is 34.5 Å². The zero-order valence-electron chi connectivity index (χ0n) is 6.66. The molecule has 0 fully saturated rings. The van der Waals surface area contributed by atoms with Gasteiger partial charge in [0.2, 0.25) is 0 Å². The summed E-state index contributed by atoms with van der Waals surface area (Å²) in [4.78, 5) is 5.52. The van der Waals surface area contributed by atoms with E-state index in [1.807, 2.05) is 0 Å². The number of aliphatic hydroxyl groups excluding tert-OH is 1. The Morgan fingerprint density at radius 3 is 2.60 bits per heavy atom. The first-order valence-electron chi connectivity index (χ1n) is 3.02. The normalized spacial score (nSPS) is 11.8. The van der Waals surface area contributed by atoms with E-state index < -0.39 is 0 Å². The van der Waals surface area contributed by atoms with Gasteiger partial charge in [0, 0.05) is 21.2 Å². The standard InChI is InChI=1S/C6H14N2O2/c1-7-6(4-10-3)8(2)5-9/h9H,4-5H2,1-3H3/b7-6-. The predicted molar refractivity (Wildman–Crippen MR) is 40.1 cm³/mol. The van der Waals surface area contributed by atoms with E-state index in [9.17, 15) is 0 Å². The molecule has 0 aliphatic rings. The van der Waals surface area contributed by atoms with Gasteiger partial charge in [-0.1, -0.05) is 0 Å². The molecule has 0 aromatic carbocycles. The van der Waals surface area contributed by atoms with Crippen LogP contribution in [0.25, 0.3) is 0 Å². The molecule has 0 saturated carbocycles. The van der Waals surface area contributed by atoms with Gasteiger partial charge in [0.15, 0.2) is 0 Å². The van der Waals surface area contributed by atoms with Crippen LogP contribution in [0.2, 0.25) is 0 Å². The first-order chi connectivity index (χ1) is 4.76. The molecule has 0 amide bonds. The highest BCUT2D eigenvalue weighted by molar-refractivity contribution is 5.83. The van der Waals surface area contributed by atoms with Gasteiger partial charge >= 0.3 is 0 Å². The quantitative estimate of drug-likeness (QED) is 0.333. The van der Waals surface area contributed by atoms with Gasteiger partial charge in [0.25, 0.3) is 0 Å². The summed E-state index contributed by atoms with van der Waals surface area (Å²) in [5.74, 6) is 0.741. The van der Waals surface area contributed by atoms with E-state index in [-0.39, 0.29) is 6.73 Å². The molecule has 4 heteroatoms. The minimum Gasteiger partial charge on any atom is -0.377 e. The molecule has 0 atom stereocenters. The van der Waals surface area contributed by atoms with Crippen molar-refractivity contribution >= 4 is 5.84 Å². The fourth-order valence-corrected chi connectivity index (χ4v) is 0.556. The van der Waals surface area contributed by atoms with Crippen molar-refractivity contribution in [3.63, 3.8) is 0 Å². The Hall–Kier alpha value is -0.610. The lowest BCUT2D eigenvalue weighted by Gasteiger charge is -2.16. The number of nitrogens with zero attached hydrogens (tertiary/aromatic N) is 2. The van der Waals surface area contributed by atoms with Gasteiger partial charge in [-0.25, -0.2) is 0 Å². The second kappa shape index (κ2) is 5.20. The minimum absolute atomic E-state index is 0.0317. The van der Waals surface area contributed by atoms with Crippen molar-refractivity contribution in [1.82, 2.24) is 4.90 Å². The van der Waals surface area contributed by atoms with E-state index in [0.29, 0.717) is 6.61 Å². The summed E-state index contributed by atoms with van der Waals surface area (Å²) < 4.78 is 4.83. The fraction of sp³-hybridized carbons (Fsp3) is 0.833. The molecule has 0 saturated heterocycles. The van der Waals surface area contributed by atoms with Crippen molar-refractivity contribution in [2.24, 2.45) is 4.99 Å². The molecule has 0 aliphatic heterocycles. The van der Waals surface area contributed by atoms with Crippen LogP contribution in [0.1, 0.15) is 0 Å². The number of likely N-dealkylation sites (N-methyl/N-ethyl adjacent to an activating group) is 1. The summed E-state index contributed by atoms with van der Waals surface area (Å²) in [6.45, 7) is 0.406. The highest BCUT2D eigenvalue weighted by Gasteiger charge is 2.01. The molecule has 0 rings (SSSR count).